The zero-order chi connectivity index (χ0) is 25.7. The highest BCUT2D eigenvalue weighted by Gasteiger charge is 2.55. The minimum absolute atomic E-state index is 0.283. The second-order valence-corrected chi connectivity index (χ2v) is 20.3. The van der Waals surface area contributed by atoms with Crippen LogP contribution in [0.15, 0.2) is 0 Å². The Morgan fingerprint density at radius 3 is 1.18 bits per heavy atom. The number of hydrogen-bond donors (Lipinski definition) is 0. The number of hydrogen-bond acceptors (Lipinski definition) is 4. The van der Waals surface area contributed by atoms with Gasteiger partial charge in [-0.1, -0.05) is 51.4 Å². The van der Waals surface area contributed by atoms with Crippen molar-refractivity contribution in [1.82, 2.24) is 0 Å². The second-order valence-electron chi connectivity index (χ2n) is 14.9. The Labute approximate surface area is 232 Å². The first-order valence-corrected chi connectivity index (χ1v) is 20.8. The summed E-state index contributed by atoms with van der Waals surface area (Å²) in [6.45, 7) is 0. The third kappa shape index (κ3) is 5.11. The quantitative estimate of drug-likeness (QED) is 0.319. The lowest BCUT2D eigenvalue weighted by Crippen LogP contribution is -2.46. The third-order valence-corrected chi connectivity index (χ3v) is 19.4. The van der Waals surface area contributed by atoms with Crippen molar-refractivity contribution in [3.05, 3.63) is 0 Å². The van der Waals surface area contributed by atoms with E-state index in [9.17, 15) is 9.13 Å². The fourth-order valence-corrected chi connectivity index (χ4v) is 18.7. The van der Waals surface area contributed by atoms with Crippen LogP contribution in [0.4, 0.5) is 0 Å². The van der Waals surface area contributed by atoms with E-state index < -0.39 is 14.7 Å². The van der Waals surface area contributed by atoms with Gasteiger partial charge in [-0.15, -0.1) is 0 Å². The largest absolute Gasteiger partial charge is 0.325 e. The Hall–Kier alpha value is 0.380. The number of fused-ring (bicyclic) bond motifs is 6. The van der Waals surface area contributed by atoms with Gasteiger partial charge in [0.05, 0.1) is 12.2 Å². The van der Waals surface area contributed by atoms with Crippen molar-refractivity contribution in [2.75, 3.05) is 12.3 Å². The van der Waals surface area contributed by atoms with Crippen molar-refractivity contribution in [3.8, 4) is 0 Å². The first-order chi connectivity index (χ1) is 18.5. The van der Waals surface area contributed by atoms with Gasteiger partial charge in [0.1, 0.15) is 0 Å². The molecule has 2 aliphatic heterocycles. The molecule has 7 aliphatic rings. The van der Waals surface area contributed by atoms with Crippen molar-refractivity contribution in [1.29, 1.82) is 0 Å². The van der Waals surface area contributed by atoms with Crippen LogP contribution in [-0.4, -0.2) is 35.8 Å². The van der Waals surface area contributed by atoms with Crippen molar-refractivity contribution < 1.29 is 18.2 Å². The lowest BCUT2D eigenvalue weighted by molar-refractivity contribution is 0.0153. The molecular weight excluding hydrogens is 510 g/mol. The van der Waals surface area contributed by atoms with Gasteiger partial charge in [0.25, 0.3) is 0 Å². The normalized spacial score (nSPS) is 53.2. The summed E-state index contributed by atoms with van der Waals surface area (Å²) in [4.78, 5) is 0. The van der Waals surface area contributed by atoms with E-state index in [-0.39, 0.29) is 12.2 Å². The molecule has 0 bridgehead atoms. The molecule has 0 spiro atoms. The molecule has 0 amide bonds. The molecule has 0 aromatic carbocycles. The standard InChI is InChI=1S/C32H54O4P2/c33-37(31-15-7-3-11-27(31)25-9-1-5-13-29(25)35-37)21-23-17-19-24(20-18-23)22-38(34)32-16-8-4-12-28(32)26-10-2-6-14-30(26)36-38/h23-32H,1-22H2. The van der Waals surface area contributed by atoms with Gasteiger partial charge in [-0.05, 0) is 113 Å². The van der Waals surface area contributed by atoms with Crippen LogP contribution in [0.25, 0.3) is 0 Å². The molecule has 7 fully saturated rings. The summed E-state index contributed by atoms with van der Waals surface area (Å²) in [7, 11) is -5.17. The summed E-state index contributed by atoms with van der Waals surface area (Å²) in [6, 6.07) is 0. The minimum Gasteiger partial charge on any atom is -0.325 e. The van der Waals surface area contributed by atoms with Crippen LogP contribution in [0.1, 0.15) is 128 Å². The van der Waals surface area contributed by atoms with Crippen LogP contribution in [-0.2, 0) is 18.2 Å². The molecule has 0 aromatic heterocycles. The van der Waals surface area contributed by atoms with Gasteiger partial charge in [-0.2, -0.15) is 0 Å². The Bertz CT molecular complexity index is 854. The molecule has 10 atom stereocenters. The Kier molecular flexibility index (Phi) is 8.04. The average molecular weight is 565 g/mol. The molecule has 10 unspecified atom stereocenters. The molecule has 0 radical (unpaired) electrons. The predicted octanol–water partition coefficient (Wildman–Crippen LogP) is 9.64. The van der Waals surface area contributed by atoms with Crippen LogP contribution in [0, 0.1) is 35.5 Å². The predicted molar refractivity (Wildman–Crippen MR) is 156 cm³/mol. The van der Waals surface area contributed by atoms with E-state index in [0.717, 1.165) is 63.7 Å². The SMILES string of the molecule is O=P1(CC2CCC(CP3(=O)OC4CCCCC4C4CCCCC43)CC2)OC2CCCCC2C2CCCCC21. The van der Waals surface area contributed by atoms with E-state index in [2.05, 4.69) is 0 Å². The highest BCUT2D eigenvalue weighted by molar-refractivity contribution is 7.60. The lowest BCUT2D eigenvalue weighted by Gasteiger charge is -2.52. The molecular formula is C32H54O4P2. The zero-order valence-electron chi connectivity index (χ0n) is 23.9. The van der Waals surface area contributed by atoms with Gasteiger partial charge in [-0.3, -0.25) is 9.13 Å². The molecule has 2 saturated heterocycles. The molecule has 0 aromatic rings. The van der Waals surface area contributed by atoms with Crippen LogP contribution in [0.3, 0.4) is 0 Å². The molecule has 7 rings (SSSR count). The average Bonchev–Trinajstić information content (AvgIpc) is 2.94. The van der Waals surface area contributed by atoms with Crippen molar-refractivity contribution in [2.45, 2.75) is 152 Å². The summed E-state index contributed by atoms with van der Waals surface area (Å²) in [5.41, 5.74) is 0.706. The molecule has 6 heteroatoms. The molecule has 2 heterocycles. The summed E-state index contributed by atoms with van der Waals surface area (Å²) >= 11 is 0. The fraction of sp³-hybridized carbons (Fsp3) is 1.00. The second kappa shape index (κ2) is 11.2. The third-order valence-electron chi connectivity index (χ3n) is 12.8. The van der Waals surface area contributed by atoms with Gasteiger partial charge in [0, 0.05) is 23.6 Å². The van der Waals surface area contributed by atoms with Gasteiger partial charge in [0.2, 0.25) is 14.7 Å². The first-order valence-electron chi connectivity index (χ1n) is 17.1. The van der Waals surface area contributed by atoms with Crippen LogP contribution in [0.2, 0.25) is 0 Å². The number of rotatable bonds is 4. The maximum Gasteiger partial charge on any atom is 0.206 e. The van der Waals surface area contributed by atoms with E-state index in [1.165, 1.54) is 77.0 Å². The Morgan fingerprint density at radius 1 is 0.421 bits per heavy atom. The fourth-order valence-electron chi connectivity index (χ4n) is 11.0. The topological polar surface area (TPSA) is 52.6 Å². The highest BCUT2D eigenvalue weighted by atomic mass is 31.2. The van der Waals surface area contributed by atoms with Crippen molar-refractivity contribution >= 4 is 14.7 Å². The Morgan fingerprint density at radius 2 is 0.763 bits per heavy atom. The maximum absolute atomic E-state index is 14.6. The van der Waals surface area contributed by atoms with E-state index in [4.69, 9.17) is 9.05 Å². The summed E-state index contributed by atoms with van der Waals surface area (Å²) < 4.78 is 42.6. The molecule has 216 valence electrons. The van der Waals surface area contributed by atoms with Crippen molar-refractivity contribution in [3.63, 3.8) is 0 Å². The summed E-state index contributed by atoms with van der Waals surface area (Å²) in [6.07, 6.45) is 27.0. The Balaban J connectivity index is 0.992. The van der Waals surface area contributed by atoms with E-state index in [1.807, 2.05) is 0 Å². The molecule has 5 aliphatic carbocycles. The first kappa shape index (κ1) is 27.2. The molecule has 4 nitrogen and oxygen atoms in total. The highest BCUT2D eigenvalue weighted by Crippen LogP contribution is 2.69. The molecule has 0 N–H and O–H groups in total. The summed E-state index contributed by atoms with van der Waals surface area (Å²) in [5.74, 6) is 3.80. The molecule has 38 heavy (non-hydrogen) atoms. The smallest absolute Gasteiger partial charge is 0.206 e. The van der Waals surface area contributed by atoms with Crippen LogP contribution >= 0.6 is 14.7 Å². The van der Waals surface area contributed by atoms with Crippen LogP contribution < -0.4 is 0 Å². The molecule has 5 saturated carbocycles. The van der Waals surface area contributed by atoms with E-state index in [1.54, 1.807) is 0 Å². The van der Waals surface area contributed by atoms with Gasteiger partial charge in [0.15, 0.2) is 0 Å². The van der Waals surface area contributed by atoms with Crippen molar-refractivity contribution in [2.24, 2.45) is 35.5 Å². The van der Waals surface area contributed by atoms with Crippen LogP contribution in [0.5, 0.6) is 0 Å². The zero-order valence-corrected chi connectivity index (χ0v) is 25.6. The van der Waals surface area contributed by atoms with Gasteiger partial charge >= 0.3 is 0 Å². The van der Waals surface area contributed by atoms with E-state index in [0.29, 0.717) is 46.8 Å². The lowest BCUT2D eigenvalue weighted by atomic mass is 9.71. The maximum atomic E-state index is 14.6. The van der Waals surface area contributed by atoms with Gasteiger partial charge < -0.3 is 9.05 Å². The monoisotopic (exact) mass is 564 g/mol. The summed E-state index contributed by atoms with van der Waals surface area (Å²) in [5, 5.41) is 0. The van der Waals surface area contributed by atoms with Gasteiger partial charge in [-0.25, -0.2) is 0 Å². The van der Waals surface area contributed by atoms with E-state index >= 15 is 0 Å². The minimum atomic E-state index is -2.59.